The Morgan fingerprint density at radius 1 is 1.44 bits per heavy atom. The molecule has 0 bridgehead atoms. The second-order valence-corrected chi connectivity index (χ2v) is 3.62. The molecule has 1 aromatic rings. The number of methoxy groups -OCH3 is 1. The Hall–Kier alpha value is -1.39. The molecule has 1 atom stereocenters. The van der Waals surface area contributed by atoms with Crippen molar-refractivity contribution < 1.29 is 9.53 Å². The molecule has 0 spiro atoms. The topological polar surface area (TPSA) is 78.3 Å². The molecule has 0 saturated carbocycles. The number of carbonyl (C=O) groups excluding carboxylic acids is 1. The van der Waals surface area contributed by atoms with Crippen LogP contribution in [0.2, 0.25) is 0 Å². The van der Waals surface area contributed by atoms with E-state index in [4.69, 9.17) is 16.2 Å². The number of esters is 1. The predicted molar refractivity (Wildman–Crippen MR) is 63.0 cm³/mol. The first-order valence-corrected chi connectivity index (χ1v) is 5.33. The molecule has 4 nitrogen and oxygen atoms in total. The van der Waals surface area contributed by atoms with E-state index in [0.29, 0.717) is 12.1 Å². The van der Waals surface area contributed by atoms with Crippen LogP contribution in [0, 0.1) is 0 Å². The number of ether oxygens (including phenoxy) is 1. The monoisotopic (exact) mass is 222 g/mol. The summed E-state index contributed by atoms with van der Waals surface area (Å²) in [6, 6.07) is 7.07. The normalized spacial score (nSPS) is 12.2. The van der Waals surface area contributed by atoms with Crippen LogP contribution in [0.15, 0.2) is 24.3 Å². The molecule has 88 valence electrons. The Balaban J connectivity index is 2.89. The molecule has 16 heavy (non-hydrogen) atoms. The van der Waals surface area contributed by atoms with Gasteiger partial charge in [-0.3, -0.25) is 0 Å². The average Bonchev–Trinajstić information content (AvgIpc) is 2.35. The number of nitrogens with two attached hydrogens (primary N) is 2. The fourth-order valence-electron chi connectivity index (χ4n) is 1.61. The van der Waals surface area contributed by atoms with Crippen LogP contribution < -0.4 is 11.5 Å². The first-order chi connectivity index (χ1) is 7.70. The van der Waals surface area contributed by atoms with Gasteiger partial charge < -0.3 is 16.2 Å². The molecule has 0 aliphatic heterocycles. The van der Waals surface area contributed by atoms with Crippen molar-refractivity contribution in [3.8, 4) is 0 Å². The summed E-state index contributed by atoms with van der Waals surface area (Å²) in [4.78, 5) is 11.5. The Morgan fingerprint density at radius 3 is 2.75 bits per heavy atom. The van der Waals surface area contributed by atoms with Gasteiger partial charge in [-0.1, -0.05) is 18.2 Å². The van der Waals surface area contributed by atoms with Crippen molar-refractivity contribution in [2.75, 3.05) is 13.7 Å². The Bertz CT molecular complexity index is 353. The van der Waals surface area contributed by atoms with Crippen molar-refractivity contribution in [3.05, 3.63) is 35.4 Å². The van der Waals surface area contributed by atoms with Gasteiger partial charge in [0.25, 0.3) is 0 Å². The third kappa shape index (κ3) is 3.05. The van der Waals surface area contributed by atoms with Gasteiger partial charge in [-0.05, 0) is 31.0 Å². The van der Waals surface area contributed by atoms with E-state index in [0.717, 1.165) is 18.4 Å². The van der Waals surface area contributed by atoms with Crippen molar-refractivity contribution in [1.29, 1.82) is 0 Å². The summed E-state index contributed by atoms with van der Waals surface area (Å²) in [6.45, 7) is 0.605. The van der Waals surface area contributed by atoms with E-state index in [2.05, 4.69) is 0 Å². The van der Waals surface area contributed by atoms with Crippen molar-refractivity contribution in [2.24, 2.45) is 11.5 Å². The predicted octanol–water partition coefficient (Wildman–Crippen LogP) is 1.21. The third-order valence-electron chi connectivity index (χ3n) is 2.48. The highest BCUT2D eigenvalue weighted by Gasteiger charge is 2.15. The van der Waals surface area contributed by atoms with Crippen molar-refractivity contribution >= 4 is 5.97 Å². The molecular weight excluding hydrogens is 204 g/mol. The zero-order valence-corrected chi connectivity index (χ0v) is 9.48. The van der Waals surface area contributed by atoms with Gasteiger partial charge in [0.05, 0.1) is 12.7 Å². The average molecular weight is 222 g/mol. The molecule has 1 aromatic carbocycles. The van der Waals surface area contributed by atoms with E-state index in [1.54, 1.807) is 12.1 Å². The fourth-order valence-corrected chi connectivity index (χ4v) is 1.61. The Kier molecular flexibility index (Phi) is 4.95. The minimum atomic E-state index is -0.348. The number of rotatable bonds is 5. The third-order valence-corrected chi connectivity index (χ3v) is 2.48. The van der Waals surface area contributed by atoms with Crippen LogP contribution >= 0.6 is 0 Å². The Morgan fingerprint density at radius 2 is 2.12 bits per heavy atom. The van der Waals surface area contributed by atoms with Crippen LogP contribution in [0.25, 0.3) is 0 Å². The highest BCUT2D eigenvalue weighted by Crippen LogP contribution is 2.20. The second kappa shape index (κ2) is 6.25. The zero-order valence-electron chi connectivity index (χ0n) is 9.48. The summed E-state index contributed by atoms with van der Waals surface area (Å²) in [5, 5.41) is 0. The molecule has 0 aliphatic rings. The quantitative estimate of drug-likeness (QED) is 0.734. The van der Waals surface area contributed by atoms with E-state index in [1.165, 1.54) is 7.11 Å². The molecule has 0 radical (unpaired) electrons. The molecule has 1 rings (SSSR count). The van der Waals surface area contributed by atoms with Gasteiger partial charge in [0.15, 0.2) is 0 Å². The Labute approximate surface area is 95.6 Å². The number of hydrogen-bond acceptors (Lipinski definition) is 4. The molecule has 0 aliphatic carbocycles. The van der Waals surface area contributed by atoms with Gasteiger partial charge in [-0.15, -0.1) is 0 Å². The SMILES string of the molecule is COC(=O)c1ccccc1[C@@H](N)CCCN. The summed E-state index contributed by atoms with van der Waals surface area (Å²) in [7, 11) is 1.37. The van der Waals surface area contributed by atoms with Crippen LogP contribution in [-0.2, 0) is 4.74 Å². The van der Waals surface area contributed by atoms with E-state index in [9.17, 15) is 4.79 Å². The lowest BCUT2D eigenvalue weighted by Gasteiger charge is -2.14. The zero-order chi connectivity index (χ0) is 12.0. The lowest BCUT2D eigenvalue weighted by molar-refractivity contribution is 0.0599. The molecule has 0 saturated heterocycles. The van der Waals surface area contributed by atoms with Gasteiger partial charge >= 0.3 is 5.97 Å². The largest absolute Gasteiger partial charge is 0.465 e. The maximum absolute atomic E-state index is 11.5. The first-order valence-electron chi connectivity index (χ1n) is 5.33. The molecule has 0 fully saturated rings. The van der Waals surface area contributed by atoms with Gasteiger partial charge in [-0.25, -0.2) is 4.79 Å². The molecule has 0 heterocycles. The van der Waals surface area contributed by atoms with E-state index >= 15 is 0 Å². The lowest BCUT2D eigenvalue weighted by atomic mass is 9.97. The minimum absolute atomic E-state index is 0.168. The van der Waals surface area contributed by atoms with E-state index < -0.39 is 0 Å². The number of benzene rings is 1. The number of hydrogen-bond donors (Lipinski definition) is 2. The molecule has 4 heteroatoms. The molecule has 0 aromatic heterocycles. The van der Waals surface area contributed by atoms with E-state index in [1.807, 2.05) is 12.1 Å². The summed E-state index contributed by atoms with van der Waals surface area (Å²) >= 11 is 0. The van der Waals surface area contributed by atoms with Crippen molar-refractivity contribution in [3.63, 3.8) is 0 Å². The summed E-state index contributed by atoms with van der Waals surface area (Å²) < 4.78 is 4.71. The molecular formula is C12H18N2O2. The van der Waals surface area contributed by atoms with Crippen LogP contribution in [0.4, 0.5) is 0 Å². The van der Waals surface area contributed by atoms with Gasteiger partial charge in [-0.2, -0.15) is 0 Å². The van der Waals surface area contributed by atoms with Crippen LogP contribution in [-0.4, -0.2) is 19.6 Å². The lowest BCUT2D eigenvalue weighted by Crippen LogP contribution is -2.17. The summed E-state index contributed by atoms with van der Waals surface area (Å²) in [5.74, 6) is -0.348. The first kappa shape index (κ1) is 12.7. The number of carbonyl (C=O) groups is 1. The van der Waals surface area contributed by atoms with E-state index in [-0.39, 0.29) is 12.0 Å². The maximum Gasteiger partial charge on any atom is 0.338 e. The standard InChI is InChI=1S/C12H18N2O2/c1-16-12(15)10-6-3-2-5-9(10)11(14)7-4-8-13/h2-3,5-6,11H,4,7-8,13-14H2,1H3/t11-/m0/s1. The van der Waals surface area contributed by atoms with Gasteiger partial charge in [0.1, 0.15) is 0 Å². The van der Waals surface area contributed by atoms with Crippen LogP contribution in [0.5, 0.6) is 0 Å². The fraction of sp³-hybridized carbons (Fsp3) is 0.417. The second-order valence-electron chi connectivity index (χ2n) is 3.62. The molecule has 4 N–H and O–H groups in total. The smallest absolute Gasteiger partial charge is 0.338 e. The van der Waals surface area contributed by atoms with Gasteiger partial charge in [0.2, 0.25) is 0 Å². The van der Waals surface area contributed by atoms with Crippen molar-refractivity contribution in [2.45, 2.75) is 18.9 Å². The minimum Gasteiger partial charge on any atom is -0.465 e. The summed E-state index contributed by atoms with van der Waals surface area (Å²) in [5.41, 5.74) is 12.8. The van der Waals surface area contributed by atoms with Crippen LogP contribution in [0.1, 0.15) is 34.8 Å². The molecule has 0 unspecified atom stereocenters. The van der Waals surface area contributed by atoms with Crippen LogP contribution in [0.3, 0.4) is 0 Å². The molecule has 0 amide bonds. The van der Waals surface area contributed by atoms with Crippen molar-refractivity contribution in [1.82, 2.24) is 0 Å². The highest BCUT2D eigenvalue weighted by atomic mass is 16.5. The summed E-state index contributed by atoms with van der Waals surface area (Å²) in [6.07, 6.45) is 1.61. The highest BCUT2D eigenvalue weighted by molar-refractivity contribution is 5.91. The maximum atomic E-state index is 11.5. The van der Waals surface area contributed by atoms with Gasteiger partial charge in [0, 0.05) is 6.04 Å².